The minimum Gasteiger partial charge on any atom is -0.345 e. The second kappa shape index (κ2) is 7.59. The number of nitrogens with one attached hydrogen (secondary N) is 1. The lowest BCUT2D eigenvalue weighted by molar-refractivity contribution is 0.491. The molecule has 1 aliphatic rings. The Morgan fingerprint density at radius 3 is 2.71 bits per heavy atom. The molecular formula is C17H31N3S. The van der Waals surface area contributed by atoms with Gasteiger partial charge in [0.1, 0.15) is 0 Å². The van der Waals surface area contributed by atoms with E-state index in [4.69, 9.17) is 4.98 Å². The third-order valence-electron chi connectivity index (χ3n) is 4.65. The SMILES string of the molecule is CCNCc1sc(N2CCCC2C(C)C)nc1C(C)CC. The van der Waals surface area contributed by atoms with Crippen LogP contribution in [0.25, 0.3) is 0 Å². The van der Waals surface area contributed by atoms with Crippen LogP contribution in [0.2, 0.25) is 0 Å². The monoisotopic (exact) mass is 309 g/mol. The predicted octanol–water partition coefficient (Wildman–Crippen LogP) is 4.39. The summed E-state index contributed by atoms with van der Waals surface area (Å²) in [7, 11) is 0. The first-order valence-electron chi connectivity index (χ1n) is 8.55. The molecule has 3 nitrogen and oxygen atoms in total. The molecular weight excluding hydrogens is 278 g/mol. The summed E-state index contributed by atoms with van der Waals surface area (Å²) in [5.74, 6) is 1.27. The van der Waals surface area contributed by atoms with Gasteiger partial charge >= 0.3 is 0 Å². The number of rotatable bonds is 7. The van der Waals surface area contributed by atoms with Crippen LogP contribution < -0.4 is 10.2 Å². The average Bonchev–Trinajstić information content (AvgIpc) is 3.10. The number of nitrogens with zero attached hydrogens (tertiary/aromatic N) is 2. The van der Waals surface area contributed by atoms with E-state index in [-0.39, 0.29) is 0 Å². The van der Waals surface area contributed by atoms with Crippen molar-refractivity contribution in [1.82, 2.24) is 10.3 Å². The molecule has 0 saturated carbocycles. The minimum absolute atomic E-state index is 0.559. The van der Waals surface area contributed by atoms with Crippen LogP contribution in [0.4, 0.5) is 5.13 Å². The van der Waals surface area contributed by atoms with E-state index in [1.807, 2.05) is 11.3 Å². The molecule has 1 aromatic rings. The van der Waals surface area contributed by atoms with Gasteiger partial charge in [-0.3, -0.25) is 0 Å². The third-order valence-corrected chi connectivity index (χ3v) is 5.75. The highest BCUT2D eigenvalue weighted by molar-refractivity contribution is 7.15. The first-order valence-corrected chi connectivity index (χ1v) is 9.37. The fourth-order valence-electron chi connectivity index (χ4n) is 3.14. The molecule has 0 aliphatic carbocycles. The smallest absolute Gasteiger partial charge is 0.186 e. The van der Waals surface area contributed by atoms with Gasteiger partial charge in [-0.2, -0.15) is 0 Å². The molecule has 21 heavy (non-hydrogen) atoms. The maximum Gasteiger partial charge on any atom is 0.186 e. The molecule has 1 N–H and O–H groups in total. The van der Waals surface area contributed by atoms with E-state index in [0.717, 1.165) is 19.5 Å². The van der Waals surface area contributed by atoms with Gasteiger partial charge in [0.2, 0.25) is 0 Å². The summed E-state index contributed by atoms with van der Waals surface area (Å²) in [4.78, 5) is 9.06. The van der Waals surface area contributed by atoms with Gasteiger partial charge in [-0.25, -0.2) is 4.98 Å². The molecule has 2 atom stereocenters. The second-order valence-corrected chi connectivity index (χ2v) is 7.60. The zero-order valence-electron chi connectivity index (χ0n) is 14.3. The van der Waals surface area contributed by atoms with Crippen LogP contribution in [0.1, 0.15) is 70.4 Å². The molecule has 0 amide bonds. The molecule has 120 valence electrons. The Labute approximate surface area is 134 Å². The van der Waals surface area contributed by atoms with E-state index in [2.05, 4.69) is 44.8 Å². The molecule has 1 aromatic heterocycles. The van der Waals surface area contributed by atoms with Crippen LogP contribution in [-0.2, 0) is 6.54 Å². The summed E-state index contributed by atoms with van der Waals surface area (Å²) in [6.45, 7) is 14.6. The topological polar surface area (TPSA) is 28.2 Å². The molecule has 1 aliphatic heterocycles. The lowest BCUT2D eigenvalue weighted by Gasteiger charge is -2.27. The van der Waals surface area contributed by atoms with Gasteiger partial charge in [-0.05, 0) is 37.6 Å². The Bertz CT molecular complexity index is 441. The summed E-state index contributed by atoms with van der Waals surface area (Å²) < 4.78 is 0. The third kappa shape index (κ3) is 3.78. The fraction of sp³-hybridized carbons (Fsp3) is 0.824. The Hall–Kier alpha value is -0.610. The molecule has 4 heteroatoms. The molecule has 2 unspecified atom stereocenters. The van der Waals surface area contributed by atoms with Crippen molar-refractivity contribution in [1.29, 1.82) is 0 Å². The van der Waals surface area contributed by atoms with Crippen molar-refractivity contribution in [2.45, 2.75) is 72.4 Å². The molecule has 1 fully saturated rings. The maximum atomic E-state index is 5.05. The van der Waals surface area contributed by atoms with Crippen molar-refractivity contribution in [2.24, 2.45) is 5.92 Å². The van der Waals surface area contributed by atoms with Crippen LogP contribution in [0.15, 0.2) is 0 Å². The summed E-state index contributed by atoms with van der Waals surface area (Å²) in [5.41, 5.74) is 1.33. The Morgan fingerprint density at radius 2 is 2.10 bits per heavy atom. The van der Waals surface area contributed by atoms with Gasteiger partial charge in [-0.1, -0.05) is 34.6 Å². The van der Waals surface area contributed by atoms with E-state index in [1.54, 1.807) is 0 Å². The van der Waals surface area contributed by atoms with Crippen LogP contribution in [0.5, 0.6) is 0 Å². The highest BCUT2D eigenvalue weighted by Crippen LogP contribution is 2.37. The summed E-state index contributed by atoms with van der Waals surface area (Å²) in [6.07, 6.45) is 3.79. The number of anilines is 1. The number of thiazole rings is 1. The number of hydrogen-bond acceptors (Lipinski definition) is 4. The second-order valence-electron chi connectivity index (χ2n) is 6.54. The van der Waals surface area contributed by atoms with Crippen LogP contribution >= 0.6 is 11.3 Å². The van der Waals surface area contributed by atoms with Gasteiger partial charge in [-0.15, -0.1) is 11.3 Å². The summed E-state index contributed by atoms with van der Waals surface area (Å²) in [6, 6.07) is 0.674. The molecule has 2 rings (SSSR count). The largest absolute Gasteiger partial charge is 0.345 e. The van der Waals surface area contributed by atoms with Crippen LogP contribution in [-0.4, -0.2) is 24.1 Å². The first kappa shape index (κ1) is 16.8. The molecule has 0 spiro atoms. The van der Waals surface area contributed by atoms with E-state index >= 15 is 0 Å². The number of hydrogen-bond donors (Lipinski definition) is 1. The quantitative estimate of drug-likeness (QED) is 0.809. The number of aromatic nitrogens is 1. The van der Waals surface area contributed by atoms with E-state index in [0.29, 0.717) is 17.9 Å². The normalized spacial score (nSPS) is 20.5. The molecule has 1 saturated heterocycles. The van der Waals surface area contributed by atoms with Gasteiger partial charge in [0, 0.05) is 24.0 Å². The predicted molar refractivity (Wildman–Crippen MR) is 93.4 cm³/mol. The summed E-state index contributed by atoms with van der Waals surface area (Å²) in [5, 5.41) is 4.73. The summed E-state index contributed by atoms with van der Waals surface area (Å²) >= 11 is 1.91. The van der Waals surface area contributed by atoms with Gasteiger partial charge < -0.3 is 10.2 Å². The standard InChI is InChI=1S/C17H31N3S/c1-6-13(5)16-15(11-18-7-2)21-17(19-16)20-10-8-9-14(20)12(3)4/h12-14,18H,6-11H2,1-5H3. The van der Waals surface area contributed by atoms with Crippen molar-refractivity contribution < 1.29 is 0 Å². The molecule has 2 heterocycles. The average molecular weight is 310 g/mol. The highest BCUT2D eigenvalue weighted by Gasteiger charge is 2.30. The molecule has 0 aromatic carbocycles. The van der Waals surface area contributed by atoms with Gasteiger partial charge in [0.15, 0.2) is 5.13 Å². The van der Waals surface area contributed by atoms with E-state index < -0.39 is 0 Å². The lowest BCUT2D eigenvalue weighted by Crippen LogP contribution is -2.33. The van der Waals surface area contributed by atoms with Crippen molar-refractivity contribution in [3.05, 3.63) is 10.6 Å². The molecule has 0 radical (unpaired) electrons. The Balaban J connectivity index is 2.25. The van der Waals surface area contributed by atoms with E-state index in [1.165, 1.54) is 35.1 Å². The first-order chi connectivity index (χ1) is 10.1. The van der Waals surface area contributed by atoms with Crippen molar-refractivity contribution in [3.63, 3.8) is 0 Å². The van der Waals surface area contributed by atoms with E-state index in [9.17, 15) is 0 Å². The fourth-order valence-corrected chi connectivity index (χ4v) is 4.37. The van der Waals surface area contributed by atoms with Crippen molar-refractivity contribution >= 4 is 16.5 Å². The van der Waals surface area contributed by atoms with Crippen molar-refractivity contribution in [3.8, 4) is 0 Å². The minimum atomic E-state index is 0.559. The maximum absolute atomic E-state index is 5.05. The van der Waals surface area contributed by atoms with Crippen LogP contribution in [0, 0.1) is 5.92 Å². The van der Waals surface area contributed by atoms with Crippen molar-refractivity contribution in [2.75, 3.05) is 18.0 Å². The lowest BCUT2D eigenvalue weighted by atomic mass is 10.0. The zero-order chi connectivity index (χ0) is 15.4. The van der Waals surface area contributed by atoms with Gasteiger partial charge in [0.05, 0.1) is 5.69 Å². The Kier molecular flexibility index (Phi) is 6.06. The van der Waals surface area contributed by atoms with Crippen LogP contribution in [0.3, 0.4) is 0 Å². The molecule has 0 bridgehead atoms. The zero-order valence-corrected chi connectivity index (χ0v) is 15.1. The van der Waals surface area contributed by atoms with Gasteiger partial charge in [0.25, 0.3) is 0 Å². The Morgan fingerprint density at radius 1 is 1.33 bits per heavy atom. The highest BCUT2D eigenvalue weighted by atomic mass is 32.1.